The van der Waals surface area contributed by atoms with Gasteiger partial charge in [0.25, 0.3) is 6.43 Å². The van der Waals surface area contributed by atoms with Gasteiger partial charge < -0.3 is 9.88 Å². The number of aryl methyl sites for hydroxylation is 1. The van der Waals surface area contributed by atoms with E-state index in [0.29, 0.717) is 5.82 Å². The van der Waals surface area contributed by atoms with Crippen molar-refractivity contribution >= 4 is 5.82 Å². The number of halogens is 2. The van der Waals surface area contributed by atoms with Gasteiger partial charge in [-0.3, -0.25) is 0 Å². The predicted octanol–water partition coefficient (Wildman–Crippen LogP) is 2.32. The number of alkyl halides is 2. The molecule has 2 rings (SSSR count). The summed E-state index contributed by atoms with van der Waals surface area (Å²) >= 11 is 0. The highest BCUT2D eigenvalue weighted by Gasteiger charge is 2.13. The topological polar surface area (TPSA) is 55.6 Å². The average molecular weight is 253 g/mol. The van der Waals surface area contributed by atoms with Gasteiger partial charge >= 0.3 is 0 Å². The molecule has 2 aromatic heterocycles. The lowest BCUT2D eigenvalue weighted by Gasteiger charge is -2.14. The fraction of sp³-hybridized carbons (Fsp3) is 0.364. The van der Waals surface area contributed by atoms with Crippen LogP contribution in [0.5, 0.6) is 0 Å². The summed E-state index contributed by atoms with van der Waals surface area (Å²) in [7, 11) is 1.87. The molecule has 0 bridgehead atoms. The zero-order valence-electron chi connectivity index (χ0n) is 10.0. The molecule has 7 heteroatoms. The van der Waals surface area contributed by atoms with Crippen molar-refractivity contribution < 1.29 is 8.78 Å². The van der Waals surface area contributed by atoms with Crippen molar-refractivity contribution in [2.24, 2.45) is 7.05 Å². The number of hydrogen-bond acceptors (Lipinski definition) is 4. The Kier molecular flexibility index (Phi) is 3.50. The predicted molar refractivity (Wildman–Crippen MR) is 62.2 cm³/mol. The van der Waals surface area contributed by atoms with E-state index in [1.165, 1.54) is 6.07 Å². The van der Waals surface area contributed by atoms with Crippen LogP contribution in [0, 0.1) is 0 Å². The van der Waals surface area contributed by atoms with Gasteiger partial charge in [0.1, 0.15) is 23.7 Å². The van der Waals surface area contributed by atoms with Crippen molar-refractivity contribution in [2.45, 2.75) is 19.4 Å². The van der Waals surface area contributed by atoms with Crippen molar-refractivity contribution in [3.63, 3.8) is 0 Å². The zero-order valence-corrected chi connectivity index (χ0v) is 10.0. The minimum Gasteiger partial charge on any atom is -0.360 e. The molecule has 5 nitrogen and oxygen atoms in total. The van der Waals surface area contributed by atoms with E-state index in [-0.39, 0.29) is 11.7 Å². The summed E-state index contributed by atoms with van der Waals surface area (Å²) in [6, 6.07) is 1.11. The maximum Gasteiger partial charge on any atom is 0.280 e. The van der Waals surface area contributed by atoms with Gasteiger partial charge in [-0.25, -0.2) is 23.7 Å². The summed E-state index contributed by atoms with van der Waals surface area (Å²) in [5, 5.41) is 3.01. The summed E-state index contributed by atoms with van der Waals surface area (Å²) < 4.78 is 26.8. The number of anilines is 1. The molecule has 1 N–H and O–H groups in total. The van der Waals surface area contributed by atoms with Gasteiger partial charge in [0.05, 0.1) is 6.04 Å². The number of hydrogen-bond donors (Lipinski definition) is 1. The smallest absolute Gasteiger partial charge is 0.280 e. The molecule has 0 fully saturated rings. The number of nitrogens with zero attached hydrogens (tertiary/aromatic N) is 4. The van der Waals surface area contributed by atoms with E-state index < -0.39 is 6.43 Å². The monoisotopic (exact) mass is 253 g/mol. The first-order valence-electron chi connectivity index (χ1n) is 5.41. The van der Waals surface area contributed by atoms with Crippen molar-refractivity contribution in [1.82, 2.24) is 19.5 Å². The first-order chi connectivity index (χ1) is 8.58. The summed E-state index contributed by atoms with van der Waals surface area (Å²) in [4.78, 5) is 11.6. The SMILES string of the molecule is CC(Nc1cc(C(F)F)ncn1)c1nccn1C. The summed E-state index contributed by atoms with van der Waals surface area (Å²) in [5.41, 5.74) is -0.292. The van der Waals surface area contributed by atoms with Crippen molar-refractivity contribution in [3.8, 4) is 0 Å². The Labute approximate surface area is 103 Å². The molecule has 0 spiro atoms. The van der Waals surface area contributed by atoms with E-state index in [4.69, 9.17) is 0 Å². The van der Waals surface area contributed by atoms with Gasteiger partial charge in [-0.15, -0.1) is 0 Å². The largest absolute Gasteiger partial charge is 0.360 e. The number of rotatable bonds is 4. The van der Waals surface area contributed by atoms with E-state index in [0.717, 1.165) is 12.2 Å². The zero-order chi connectivity index (χ0) is 13.1. The van der Waals surface area contributed by atoms with Gasteiger partial charge in [-0.2, -0.15) is 0 Å². The Morgan fingerprint density at radius 2 is 2.06 bits per heavy atom. The quantitative estimate of drug-likeness (QED) is 0.908. The lowest BCUT2D eigenvalue weighted by atomic mass is 10.3. The molecule has 0 amide bonds. The second-order valence-electron chi connectivity index (χ2n) is 3.89. The molecule has 0 aliphatic rings. The summed E-state index contributed by atoms with van der Waals surface area (Å²) in [5.74, 6) is 1.16. The number of nitrogens with one attached hydrogen (secondary N) is 1. The molecule has 0 aliphatic heterocycles. The normalized spacial score (nSPS) is 12.7. The Morgan fingerprint density at radius 1 is 1.28 bits per heavy atom. The second-order valence-corrected chi connectivity index (χ2v) is 3.89. The van der Waals surface area contributed by atoms with E-state index in [1.807, 2.05) is 24.7 Å². The molecule has 1 unspecified atom stereocenters. The van der Waals surface area contributed by atoms with Crippen LogP contribution in [0.2, 0.25) is 0 Å². The standard InChI is InChI=1S/C11H13F2N5/c1-7(11-14-3-4-18(11)2)17-9-5-8(10(12)13)15-6-16-9/h3-7,10H,1-2H3,(H,15,16,17). The minimum atomic E-state index is -2.60. The van der Waals surface area contributed by atoms with Gasteiger partial charge in [-0.05, 0) is 6.92 Å². The first kappa shape index (κ1) is 12.4. The van der Waals surface area contributed by atoms with E-state index >= 15 is 0 Å². The third kappa shape index (κ3) is 2.61. The number of imidazole rings is 1. The van der Waals surface area contributed by atoms with Crippen LogP contribution in [0.25, 0.3) is 0 Å². The molecular weight excluding hydrogens is 240 g/mol. The Morgan fingerprint density at radius 3 is 2.67 bits per heavy atom. The molecule has 0 saturated carbocycles. The molecule has 18 heavy (non-hydrogen) atoms. The fourth-order valence-electron chi connectivity index (χ4n) is 1.65. The molecule has 2 aromatic rings. The highest BCUT2D eigenvalue weighted by atomic mass is 19.3. The maximum atomic E-state index is 12.5. The molecule has 0 saturated heterocycles. The molecule has 0 radical (unpaired) electrons. The molecule has 1 atom stereocenters. The summed E-state index contributed by atoms with van der Waals surface area (Å²) in [6.45, 7) is 1.88. The Bertz CT molecular complexity index is 526. The van der Waals surface area contributed by atoms with Crippen molar-refractivity contribution in [2.75, 3.05) is 5.32 Å². The van der Waals surface area contributed by atoms with Crippen LogP contribution in [0.3, 0.4) is 0 Å². The highest BCUT2D eigenvalue weighted by Crippen LogP contribution is 2.20. The molecule has 96 valence electrons. The van der Waals surface area contributed by atoms with Crippen molar-refractivity contribution in [1.29, 1.82) is 0 Å². The van der Waals surface area contributed by atoms with Crippen LogP contribution in [0.4, 0.5) is 14.6 Å². The van der Waals surface area contributed by atoms with E-state index in [1.54, 1.807) is 6.20 Å². The van der Waals surface area contributed by atoms with Crippen LogP contribution in [0.15, 0.2) is 24.8 Å². The van der Waals surface area contributed by atoms with Crippen LogP contribution in [-0.4, -0.2) is 19.5 Å². The van der Waals surface area contributed by atoms with E-state index in [9.17, 15) is 8.78 Å². The Hall–Kier alpha value is -2.05. The van der Waals surface area contributed by atoms with Gasteiger partial charge in [0.2, 0.25) is 0 Å². The van der Waals surface area contributed by atoms with Gasteiger partial charge in [-0.1, -0.05) is 0 Å². The highest BCUT2D eigenvalue weighted by molar-refractivity contribution is 5.37. The number of aromatic nitrogens is 4. The second kappa shape index (κ2) is 5.07. The third-order valence-electron chi connectivity index (χ3n) is 2.52. The fourth-order valence-corrected chi connectivity index (χ4v) is 1.65. The first-order valence-corrected chi connectivity index (χ1v) is 5.41. The molecule has 2 heterocycles. The minimum absolute atomic E-state index is 0.134. The van der Waals surface area contributed by atoms with Gasteiger partial charge in [0, 0.05) is 25.5 Å². The maximum absolute atomic E-state index is 12.5. The average Bonchev–Trinajstić information content (AvgIpc) is 2.76. The van der Waals surface area contributed by atoms with Crippen LogP contribution < -0.4 is 5.32 Å². The Balaban J connectivity index is 2.14. The van der Waals surface area contributed by atoms with Gasteiger partial charge in [0.15, 0.2) is 0 Å². The van der Waals surface area contributed by atoms with Crippen LogP contribution in [0.1, 0.15) is 30.9 Å². The summed E-state index contributed by atoms with van der Waals surface area (Å²) in [6.07, 6.45) is 2.02. The third-order valence-corrected chi connectivity index (χ3v) is 2.52. The van der Waals surface area contributed by atoms with Crippen molar-refractivity contribution in [3.05, 3.63) is 36.3 Å². The van der Waals surface area contributed by atoms with E-state index in [2.05, 4.69) is 20.3 Å². The van der Waals surface area contributed by atoms with Crippen LogP contribution in [-0.2, 0) is 7.05 Å². The molecular formula is C11H13F2N5. The van der Waals surface area contributed by atoms with Crippen LogP contribution >= 0.6 is 0 Å². The molecule has 0 aliphatic carbocycles. The molecule has 0 aromatic carbocycles. The lowest BCUT2D eigenvalue weighted by Crippen LogP contribution is -2.13. The lowest BCUT2D eigenvalue weighted by molar-refractivity contribution is 0.146.